The largest absolute Gasteiger partial charge is 0.152 e. The van der Waals surface area contributed by atoms with Gasteiger partial charge in [0.2, 0.25) is 0 Å². The standard InChI is InChI=1S/C14H24S/c1-4-5-6-7-8-12(2)9-14-11-15-10-13(14)3/h10-12H,4-9H2,1-3H3/t12-/m1/s1. The van der Waals surface area contributed by atoms with E-state index in [4.69, 9.17) is 0 Å². The van der Waals surface area contributed by atoms with Crippen molar-refractivity contribution in [2.24, 2.45) is 5.92 Å². The molecule has 0 aliphatic heterocycles. The molecule has 0 saturated carbocycles. The van der Waals surface area contributed by atoms with Crippen LogP contribution in [0.3, 0.4) is 0 Å². The Kier molecular flexibility index (Phi) is 6.00. The summed E-state index contributed by atoms with van der Waals surface area (Å²) in [6, 6.07) is 0. The Morgan fingerprint density at radius 2 is 2.00 bits per heavy atom. The molecule has 0 bridgehead atoms. The lowest BCUT2D eigenvalue weighted by atomic mass is 9.95. The molecule has 0 saturated heterocycles. The quantitative estimate of drug-likeness (QED) is 0.558. The van der Waals surface area contributed by atoms with Gasteiger partial charge in [-0.3, -0.25) is 0 Å². The maximum absolute atomic E-state index is 2.39. The summed E-state index contributed by atoms with van der Waals surface area (Å²) >= 11 is 1.84. The van der Waals surface area contributed by atoms with Crippen LogP contribution in [-0.2, 0) is 6.42 Å². The summed E-state index contributed by atoms with van der Waals surface area (Å²) in [5, 5.41) is 4.58. The van der Waals surface area contributed by atoms with Crippen molar-refractivity contribution in [3.05, 3.63) is 21.9 Å². The highest BCUT2D eigenvalue weighted by molar-refractivity contribution is 7.08. The Balaban J connectivity index is 2.18. The first-order chi connectivity index (χ1) is 7.24. The second-order valence-electron chi connectivity index (χ2n) is 4.74. The van der Waals surface area contributed by atoms with E-state index in [2.05, 4.69) is 31.5 Å². The molecule has 0 fully saturated rings. The van der Waals surface area contributed by atoms with Crippen LogP contribution < -0.4 is 0 Å². The molecule has 1 rings (SSSR count). The lowest BCUT2D eigenvalue weighted by molar-refractivity contribution is 0.487. The Morgan fingerprint density at radius 3 is 2.60 bits per heavy atom. The molecule has 1 heterocycles. The molecule has 0 amide bonds. The van der Waals surface area contributed by atoms with E-state index >= 15 is 0 Å². The minimum Gasteiger partial charge on any atom is -0.152 e. The minimum atomic E-state index is 0.857. The van der Waals surface area contributed by atoms with Gasteiger partial charge in [0.05, 0.1) is 0 Å². The molecule has 1 aromatic heterocycles. The Hall–Kier alpha value is -0.300. The lowest BCUT2D eigenvalue weighted by Gasteiger charge is -2.10. The molecule has 0 nitrogen and oxygen atoms in total. The fraction of sp³-hybridized carbons (Fsp3) is 0.714. The third-order valence-electron chi connectivity index (χ3n) is 3.08. The van der Waals surface area contributed by atoms with Crippen molar-refractivity contribution in [3.63, 3.8) is 0 Å². The van der Waals surface area contributed by atoms with Crippen LogP contribution in [0.4, 0.5) is 0 Å². The number of rotatable bonds is 7. The minimum absolute atomic E-state index is 0.857. The zero-order chi connectivity index (χ0) is 11.1. The summed E-state index contributed by atoms with van der Waals surface area (Å²) in [6.45, 7) is 6.90. The topological polar surface area (TPSA) is 0 Å². The van der Waals surface area contributed by atoms with Gasteiger partial charge >= 0.3 is 0 Å². The Bertz CT molecular complexity index is 262. The number of aryl methyl sites for hydroxylation is 1. The van der Waals surface area contributed by atoms with E-state index in [-0.39, 0.29) is 0 Å². The SMILES string of the molecule is CCCCCC[C@@H](C)Cc1cscc1C. The van der Waals surface area contributed by atoms with Crippen LogP contribution in [0.25, 0.3) is 0 Å². The van der Waals surface area contributed by atoms with Crippen molar-refractivity contribution < 1.29 is 0 Å². The monoisotopic (exact) mass is 224 g/mol. The van der Waals surface area contributed by atoms with Gasteiger partial charge in [-0.15, -0.1) is 0 Å². The van der Waals surface area contributed by atoms with Crippen molar-refractivity contribution in [1.82, 2.24) is 0 Å². The normalized spacial score (nSPS) is 13.0. The molecule has 0 aliphatic carbocycles. The van der Waals surface area contributed by atoms with Crippen molar-refractivity contribution in [1.29, 1.82) is 0 Å². The third kappa shape index (κ3) is 4.83. The van der Waals surface area contributed by atoms with E-state index in [1.807, 2.05) is 11.3 Å². The molecular weight excluding hydrogens is 200 g/mol. The molecule has 0 N–H and O–H groups in total. The van der Waals surface area contributed by atoms with Gasteiger partial charge in [0, 0.05) is 0 Å². The average molecular weight is 224 g/mol. The van der Waals surface area contributed by atoms with Crippen LogP contribution in [0.15, 0.2) is 10.8 Å². The van der Waals surface area contributed by atoms with Crippen molar-refractivity contribution in [2.45, 2.75) is 59.3 Å². The molecule has 1 aromatic rings. The molecular formula is C14H24S. The predicted octanol–water partition coefficient (Wildman–Crippen LogP) is 5.21. The van der Waals surface area contributed by atoms with Gasteiger partial charge in [0.25, 0.3) is 0 Å². The average Bonchev–Trinajstić information content (AvgIpc) is 2.59. The first-order valence-corrected chi connectivity index (χ1v) is 7.20. The van der Waals surface area contributed by atoms with Crippen molar-refractivity contribution >= 4 is 11.3 Å². The van der Waals surface area contributed by atoms with Crippen molar-refractivity contribution in [3.8, 4) is 0 Å². The van der Waals surface area contributed by atoms with E-state index in [9.17, 15) is 0 Å². The van der Waals surface area contributed by atoms with Crippen LogP contribution in [0.2, 0.25) is 0 Å². The fourth-order valence-corrected chi connectivity index (χ4v) is 2.86. The van der Waals surface area contributed by atoms with E-state index in [0.29, 0.717) is 0 Å². The molecule has 86 valence electrons. The zero-order valence-electron chi connectivity index (χ0n) is 10.4. The molecule has 1 atom stereocenters. The Morgan fingerprint density at radius 1 is 1.20 bits per heavy atom. The summed E-state index contributed by atoms with van der Waals surface area (Å²) in [6.07, 6.45) is 8.26. The second kappa shape index (κ2) is 7.05. The summed E-state index contributed by atoms with van der Waals surface area (Å²) in [4.78, 5) is 0. The van der Waals surface area contributed by atoms with Crippen LogP contribution in [0, 0.1) is 12.8 Å². The summed E-state index contributed by atoms with van der Waals surface area (Å²) in [5.74, 6) is 0.857. The number of thiophene rings is 1. The second-order valence-corrected chi connectivity index (χ2v) is 5.48. The number of hydrogen-bond acceptors (Lipinski definition) is 1. The lowest BCUT2D eigenvalue weighted by Crippen LogP contribution is -1.99. The van der Waals surface area contributed by atoms with Crippen LogP contribution in [0.1, 0.15) is 57.1 Å². The maximum atomic E-state index is 2.39. The molecule has 0 aromatic carbocycles. The van der Waals surface area contributed by atoms with Gasteiger partial charge in [-0.05, 0) is 41.1 Å². The highest BCUT2D eigenvalue weighted by Gasteiger charge is 2.06. The van der Waals surface area contributed by atoms with Gasteiger partial charge in [-0.1, -0.05) is 46.0 Å². The van der Waals surface area contributed by atoms with E-state index < -0.39 is 0 Å². The van der Waals surface area contributed by atoms with Crippen LogP contribution in [0.5, 0.6) is 0 Å². The predicted molar refractivity (Wildman–Crippen MR) is 70.7 cm³/mol. The van der Waals surface area contributed by atoms with E-state index in [0.717, 1.165) is 5.92 Å². The van der Waals surface area contributed by atoms with Crippen LogP contribution in [-0.4, -0.2) is 0 Å². The first kappa shape index (κ1) is 12.8. The molecule has 15 heavy (non-hydrogen) atoms. The smallest absolute Gasteiger partial charge is 0.00584 e. The van der Waals surface area contributed by atoms with E-state index in [1.54, 1.807) is 5.56 Å². The Labute approximate surface area is 98.7 Å². The number of hydrogen-bond donors (Lipinski definition) is 0. The summed E-state index contributed by atoms with van der Waals surface area (Å²) in [5.41, 5.74) is 3.06. The third-order valence-corrected chi connectivity index (χ3v) is 3.99. The fourth-order valence-electron chi connectivity index (χ4n) is 1.99. The molecule has 1 heteroatoms. The summed E-state index contributed by atoms with van der Waals surface area (Å²) < 4.78 is 0. The van der Waals surface area contributed by atoms with Gasteiger partial charge in [0.1, 0.15) is 0 Å². The van der Waals surface area contributed by atoms with Gasteiger partial charge in [-0.25, -0.2) is 0 Å². The van der Waals surface area contributed by atoms with Gasteiger partial charge < -0.3 is 0 Å². The number of unbranched alkanes of at least 4 members (excludes halogenated alkanes) is 3. The first-order valence-electron chi connectivity index (χ1n) is 6.25. The van der Waals surface area contributed by atoms with Crippen LogP contribution >= 0.6 is 11.3 Å². The van der Waals surface area contributed by atoms with E-state index in [1.165, 1.54) is 44.1 Å². The summed E-state index contributed by atoms with van der Waals surface area (Å²) in [7, 11) is 0. The van der Waals surface area contributed by atoms with Crippen molar-refractivity contribution in [2.75, 3.05) is 0 Å². The van der Waals surface area contributed by atoms with Gasteiger partial charge in [-0.2, -0.15) is 11.3 Å². The maximum Gasteiger partial charge on any atom is -0.00584 e. The molecule has 0 unspecified atom stereocenters. The molecule has 0 aliphatic rings. The molecule has 0 spiro atoms. The zero-order valence-corrected chi connectivity index (χ0v) is 11.2. The molecule has 0 radical (unpaired) electrons. The highest BCUT2D eigenvalue weighted by atomic mass is 32.1. The highest BCUT2D eigenvalue weighted by Crippen LogP contribution is 2.20. The van der Waals surface area contributed by atoms with Gasteiger partial charge in [0.15, 0.2) is 0 Å².